The van der Waals surface area contributed by atoms with Gasteiger partial charge < -0.3 is 5.11 Å². The van der Waals surface area contributed by atoms with Gasteiger partial charge in [0.2, 0.25) is 0 Å². The van der Waals surface area contributed by atoms with E-state index in [1.807, 2.05) is 0 Å². The van der Waals surface area contributed by atoms with Crippen LogP contribution in [0.3, 0.4) is 0 Å². The average Bonchev–Trinajstić information content (AvgIpc) is 1.98. The Morgan fingerprint density at radius 1 is 1.75 bits per heavy atom. The topological polar surface area (TPSA) is 37.3 Å². The lowest BCUT2D eigenvalue weighted by Crippen LogP contribution is -2.09. The van der Waals surface area contributed by atoms with Crippen molar-refractivity contribution in [2.45, 2.75) is 17.6 Å². The van der Waals surface area contributed by atoms with Crippen molar-refractivity contribution in [2.75, 3.05) is 6.16 Å². The van der Waals surface area contributed by atoms with Gasteiger partial charge >= 0.3 is 0 Å². The standard InChI is InChI=1S/C4H7ClO2P/c5-4-3(6)1-2-8(4)7/h3-4,6H,1-2H2. The summed E-state index contributed by atoms with van der Waals surface area (Å²) >= 11 is 5.48. The molecule has 47 valence electrons. The predicted octanol–water partition coefficient (Wildman–Crippen LogP) is 1.14. The highest BCUT2D eigenvalue weighted by molar-refractivity contribution is 7.48. The molecule has 0 amide bonds. The van der Waals surface area contributed by atoms with Crippen molar-refractivity contribution in [3.8, 4) is 0 Å². The largest absolute Gasteiger partial charge is 0.391 e. The fourth-order valence-corrected chi connectivity index (χ4v) is 2.43. The van der Waals surface area contributed by atoms with Crippen LogP contribution < -0.4 is 0 Å². The molecule has 0 aromatic rings. The van der Waals surface area contributed by atoms with E-state index in [2.05, 4.69) is 0 Å². The van der Waals surface area contributed by atoms with Crippen molar-refractivity contribution < 1.29 is 9.67 Å². The summed E-state index contributed by atoms with van der Waals surface area (Å²) in [5.41, 5.74) is 0. The minimum absolute atomic E-state index is 0.481. The lowest BCUT2D eigenvalue weighted by molar-refractivity contribution is 0.193. The fourth-order valence-electron chi connectivity index (χ4n) is 0.712. The molecular formula is C4H7ClO2P. The number of halogens is 1. The van der Waals surface area contributed by atoms with Gasteiger partial charge in [0.25, 0.3) is 0 Å². The van der Waals surface area contributed by atoms with Crippen molar-refractivity contribution >= 4 is 19.4 Å². The molecule has 3 unspecified atom stereocenters. The maximum Gasteiger partial charge on any atom is 0.129 e. The van der Waals surface area contributed by atoms with E-state index in [4.69, 9.17) is 16.7 Å². The molecule has 0 saturated carbocycles. The van der Waals surface area contributed by atoms with Crippen molar-refractivity contribution in [3.63, 3.8) is 0 Å². The highest BCUT2D eigenvalue weighted by atomic mass is 35.5. The van der Waals surface area contributed by atoms with Gasteiger partial charge in [0, 0.05) is 6.16 Å². The second kappa shape index (κ2) is 2.30. The van der Waals surface area contributed by atoms with Crippen LogP contribution >= 0.6 is 19.4 Å². The second-order valence-corrected chi connectivity index (χ2v) is 4.48. The first-order valence-corrected chi connectivity index (χ1v) is 4.43. The van der Waals surface area contributed by atoms with E-state index in [1.165, 1.54) is 0 Å². The first kappa shape index (κ1) is 6.47. The molecule has 1 heterocycles. The van der Waals surface area contributed by atoms with E-state index in [0.717, 1.165) is 0 Å². The molecule has 4 heteroatoms. The van der Waals surface area contributed by atoms with Crippen molar-refractivity contribution in [2.24, 2.45) is 0 Å². The number of aliphatic hydroxyl groups is 1. The maximum atomic E-state index is 10.6. The van der Waals surface area contributed by atoms with Crippen molar-refractivity contribution in [3.05, 3.63) is 0 Å². The maximum absolute atomic E-state index is 10.6. The van der Waals surface area contributed by atoms with Crippen molar-refractivity contribution in [1.29, 1.82) is 0 Å². The van der Waals surface area contributed by atoms with Gasteiger partial charge in [-0.15, -0.1) is 11.6 Å². The fraction of sp³-hybridized carbons (Fsp3) is 1.00. The molecule has 0 spiro atoms. The molecule has 1 radical (unpaired) electrons. The monoisotopic (exact) mass is 153 g/mol. The highest BCUT2D eigenvalue weighted by Gasteiger charge is 2.30. The number of alkyl halides is 1. The van der Waals surface area contributed by atoms with Gasteiger partial charge in [-0.2, -0.15) is 0 Å². The van der Waals surface area contributed by atoms with Crippen LogP contribution in [0.15, 0.2) is 0 Å². The lowest BCUT2D eigenvalue weighted by atomic mass is 10.3. The van der Waals surface area contributed by atoms with Gasteiger partial charge in [0.15, 0.2) is 0 Å². The van der Waals surface area contributed by atoms with Crippen LogP contribution in [0.25, 0.3) is 0 Å². The number of hydrogen-bond donors (Lipinski definition) is 1. The molecule has 1 N–H and O–H groups in total. The minimum Gasteiger partial charge on any atom is -0.391 e. The van der Waals surface area contributed by atoms with E-state index in [9.17, 15) is 4.57 Å². The van der Waals surface area contributed by atoms with Crippen LogP contribution in [0.2, 0.25) is 0 Å². The van der Waals surface area contributed by atoms with E-state index in [0.29, 0.717) is 12.6 Å². The first-order chi connectivity index (χ1) is 3.72. The number of hydrogen-bond acceptors (Lipinski definition) is 2. The van der Waals surface area contributed by atoms with Gasteiger partial charge in [0.1, 0.15) is 5.12 Å². The molecule has 3 atom stereocenters. The van der Waals surface area contributed by atoms with Crippen LogP contribution in [0, 0.1) is 0 Å². The third-order valence-electron chi connectivity index (χ3n) is 1.24. The molecule has 1 aliphatic rings. The van der Waals surface area contributed by atoms with Crippen LogP contribution in [0.4, 0.5) is 0 Å². The summed E-state index contributed by atoms with van der Waals surface area (Å²) in [6.45, 7) is 0. The first-order valence-electron chi connectivity index (χ1n) is 2.47. The minimum atomic E-state index is -1.30. The Bertz CT molecular complexity index is 117. The molecule has 0 aliphatic carbocycles. The van der Waals surface area contributed by atoms with Crippen molar-refractivity contribution in [1.82, 2.24) is 0 Å². The zero-order chi connectivity index (χ0) is 6.15. The van der Waals surface area contributed by atoms with Crippen LogP contribution in [-0.4, -0.2) is 22.5 Å². The molecule has 2 nitrogen and oxygen atoms in total. The SMILES string of the molecule is O=[P]1CCC(O)C1Cl. The Hall–Kier alpha value is 0.350. The second-order valence-electron chi connectivity index (χ2n) is 1.87. The van der Waals surface area contributed by atoms with Gasteiger partial charge in [-0.25, -0.2) is 0 Å². The number of rotatable bonds is 0. The molecule has 0 bridgehead atoms. The normalized spacial score (nSPS) is 43.0. The Balaban J connectivity index is 2.56. The quantitative estimate of drug-likeness (QED) is 0.419. The molecule has 1 rings (SSSR count). The van der Waals surface area contributed by atoms with Crippen LogP contribution in [-0.2, 0) is 4.57 Å². The molecule has 1 aliphatic heterocycles. The Morgan fingerprint density at radius 2 is 2.38 bits per heavy atom. The number of aliphatic hydroxyl groups excluding tert-OH is 1. The summed E-state index contributed by atoms with van der Waals surface area (Å²) in [5.74, 6) is 0. The van der Waals surface area contributed by atoms with Gasteiger partial charge in [-0.3, -0.25) is 4.57 Å². The Labute approximate surface area is 53.6 Å². The molecule has 8 heavy (non-hydrogen) atoms. The van der Waals surface area contributed by atoms with Gasteiger partial charge in [-0.05, 0) is 6.42 Å². The zero-order valence-corrected chi connectivity index (χ0v) is 5.90. The molecule has 0 aromatic heterocycles. The lowest BCUT2D eigenvalue weighted by Gasteiger charge is -2.00. The van der Waals surface area contributed by atoms with Gasteiger partial charge in [0.05, 0.1) is 13.9 Å². The third-order valence-corrected chi connectivity index (χ3v) is 3.78. The molecule has 1 fully saturated rings. The van der Waals surface area contributed by atoms with E-state index in [-0.39, 0.29) is 0 Å². The summed E-state index contributed by atoms with van der Waals surface area (Å²) in [6.07, 6.45) is 0.661. The molecule has 1 saturated heterocycles. The Kier molecular flexibility index (Phi) is 1.86. The summed E-state index contributed by atoms with van der Waals surface area (Å²) < 4.78 is 10.6. The zero-order valence-electron chi connectivity index (χ0n) is 4.25. The Morgan fingerprint density at radius 3 is 2.50 bits per heavy atom. The summed E-state index contributed by atoms with van der Waals surface area (Å²) in [7, 11) is -1.30. The summed E-state index contributed by atoms with van der Waals surface area (Å²) in [6, 6.07) is 0. The average molecular weight is 154 g/mol. The smallest absolute Gasteiger partial charge is 0.129 e. The van der Waals surface area contributed by atoms with Crippen LogP contribution in [0.5, 0.6) is 0 Å². The van der Waals surface area contributed by atoms with E-state index < -0.39 is 19.0 Å². The van der Waals surface area contributed by atoms with Gasteiger partial charge in [-0.1, -0.05) is 0 Å². The van der Waals surface area contributed by atoms with E-state index >= 15 is 0 Å². The highest BCUT2D eigenvalue weighted by Crippen LogP contribution is 2.41. The predicted molar refractivity (Wildman–Crippen MR) is 32.7 cm³/mol. The molecular weight excluding hydrogens is 146 g/mol. The summed E-state index contributed by atoms with van der Waals surface area (Å²) in [5, 5.41) is 8.37. The summed E-state index contributed by atoms with van der Waals surface area (Å²) in [4.78, 5) is 0. The third kappa shape index (κ3) is 1.02. The van der Waals surface area contributed by atoms with E-state index in [1.54, 1.807) is 0 Å². The molecule has 0 aromatic carbocycles. The van der Waals surface area contributed by atoms with Crippen LogP contribution in [0.1, 0.15) is 6.42 Å².